The molecule has 0 bridgehead atoms. The Morgan fingerprint density at radius 3 is 2.76 bits per heavy atom. The van der Waals surface area contributed by atoms with Gasteiger partial charge >= 0.3 is 0 Å². The molecule has 0 radical (unpaired) electrons. The van der Waals surface area contributed by atoms with Crippen LogP contribution in [0.25, 0.3) is 0 Å². The van der Waals surface area contributed by atoms with Crippen molar-refractivity contribution in [1.82, 2.24) is 5.32 Å². The largest absolute Gasteiger partial charge is 0.399 e. The highest BCUT2D eigenvalue weighted by Gasteiger charge is 2.07. The van der Waals surface area contributed by atoms with Gasteiger partial charge in [0, 0.05) is 26.6 Å². The predicted octanol–water partition coefficient (Wildman–Crippen LogP) is 4.09. The number of hydrogen-bond donors (Lipinski definition) is 2. The summed E-state index contributed by atoms with van der Waals surface area (Å²) in [5, 5.41) is 3.52. The van der Waals surface area contributed by atoms with E-state index in [1.54, 1.807) is 0 Å². The summed E-state index contributed by atoms with van der Waals surface area (Å²) in [4.78, 5) is 12.8. The minimum absolute atomic E-state index is 0.0383. The first-order valence-corrected chi connectivity index (χ1v) is 8.40. The van der Waals surface area contributed by atoms with Crippen LogP contribution in [-0.2, 0) is 11.3 Å². The number of rotatable bonds is 5. The van der Waals surface area contributed by atoms with Gasteiger partial charge in [-0.1, -0.05) is 29.8 Å². The van der Waals surface area contributed by atoms with Gasteiger partial charge in [-0.05, 0) is 45.8 Å². The Morgan fingerprint density at radius 1 is 1.29 bits per heavy atom. The molecule has 0 saturated carbocycles. The van der Waals surface area contributed by atoms with Gasteiger partial charge in [-0.15, -0.1) is 11.8 Å². The summed E-state index contributed by atoms with van der Waals surface area (Å²) >= 11 is 10.9. The van der Waals surface area contributed by atoms with Crippen molar-refractivity contribution < 1.29 is 4.79 Å². The Labute approximate surface area is 141 Å². The second kappa shape index (κ2) is 7.73. The van der Waals surface area contributed by atoms with Gasteiger partial charge < -0.3 is 11.1 Å². The number of amides is 1. The van der Waals surface area contributed by atoms with Crippen LogP contribution in [0.15, 0.2) is 51.8 Å². The smallest absolute Gasteiger partial charge is 0.230 e. The third-order valence-electron chi connectivity index (χ3n) is 2.75. The topological polar surface area (TPSA) is 55.1 Å². The van der Waals surface area contributed by atoms with E-state index >= 15 is 0 Å². The predicted molar refractivity (Wildman–Crippen MR) is 92.6 cm³/mol. The van der Waals surface area contributed by atoms with Crippen molar-refractivity contribution >= 4 is 50.9 Å². The Morgan fingerprint density at radius 2 is 2.05 bits per heavy atom. The molecule has 2 aromatic rings. The van der Waals surface area contributed by atoms with Crippen LogP contribution in [0.5, 0.6) is 0 Å². The monoisotopic (exact) mass is 384 g/mol. The van der Waals surface area contributed by atoms with Crippen molar-refractivity contribution in [3.63, 3.8) is 0 Å². The summed E-state index contributed by atoms with van der Waals surface area (Å²) in [5.74, 6) is 0.302. The van der Waals surface area contributed by atoms with Crippen LogP contribution in [0.2, 0.25) is 5.02 Å². The molecule has 6 heteroatoms. The maximum atomic E-state index is 11.9. The maximum absolute atomic E-state index is 11.9. The Bertz CT molecular complexity index is 651. The first-order valence-electron chi connectivity index (χ1n) is 6.24. The van der Waals surface area contributed by atoms with E-state index in [1.165, 1.54) is 11.8 Å². The molecule has 0 aliphatic rings. The fourth-order valence-electron chi connectivity index (χ4n) is 1.66. The molecular weight excluding hydrogens is 372 g/mol. The fraction of sp³-hybridized carbons (Fsp3) is 0.133. The summed E-state index contributed by atoms with van der Waals surface area (Å²) in [6.45, 7) is 0.433. The van der Waals surface area contributed by atoms with E-state index in [0.717, 1.165) is 14.9 Å². The van der Waals surface area contributed by atoms with E-state index in [4.69, 9.17) is 17.3 Å². The van der Waals surface area contributed by atoms with Gasteiger partial charge in [0.1, 0.15) is 0 Å². The molecular formula is C15H14BrClN2OS. The number of halogens is 2. The van der Waals surface area contributed by atoms with Crippen LogP contribution < -0.4 is 11.1 Å². The van der Waals surface area contributed by atoms with E-state index in [2.05, 4.69) is 21.2 Å². The maximum Gasteiger partial charge on any atom is 0.230 e. The van der Waals surface area contributed by atoms with Crippen molar-refractivity contribution in [2.45, 2.75) is 11.4 Å². The number of thioether (sulfide) groups is 1. The number of carbonyl (C=O) groups excluding carboxylic acids is 1. The number of anilines is 1. The zero-order valence-corrected chi connectivity index (χ0v) is 14.3. The van der Waals surface area contributed by atoms with Crippen LogP contribution in [-0.4, -0.2) is 11.7 Å². The number of benzene rings is 2. The Kier molecular flexibility index (Phi) is 5.96. The van der Waals surface area contributed by atoms with Gasteiger partial charge in [0.2, 0.25) is 5.91 Å². The second-order valence-corrected chi connectivity index (χ2v) is 6.63. The van der Waals surface area contributed by atoms with Gasteiger partial charge in [0.25, 0.3) is 0 Å². The molecule has 0 spiro atoms. The molecule has 0 saturated heterocycles. The van der Waals surface area contributed by atoms with Crippen LogP contribution in [0.4, 0.5) is 5.69 Å². The van der Waals surface area contributed by atoms with E-state index < -0.39 is 0 Å². The lowest BCUT2D eigenvalue weighted by Gasteiger charge is -2.08. The SMILES string of the molecule is Nc1ccc(SCC(=O)NCc2ccccc2Cl)c(Br)c1. The lowest BCUT2D eigenvalue weighted by molar-refractivity contribution is -0.118. The summed E-state index contributed by atoms with van der Waals surface area (Å²) in [6, 6.07) is 13.0. The summed E-state index contributed by atoms with van der Waals surface area (Å²) in [6.07, 6.45) is 0. The van der Waals surface area contributed by atoms with E-state index in [9.17, 15) is 4.79 Å². The molecule has 0 aromatic heterocycles. The van der Waals surface area contributed by atoms with Gasteiger partial charge in [0.15, 0.2) is 0 Å². The number of carbonyl (C=O) groups is 1. The average molecular weight is 386 g/mol. The zero-order valence-electron chi connectivity index (χ0n) is 11.1. The quantitative estimate of drug-likeness (QED) is 0.602. The highest BCUT2D eigenvalue weighted by Crippen LogP contribution is 2.29. The summed E-state index contributed by atoms with van der Waals surface area (Å²) in [5.41, 5.74) is 7.28. The molecule has 0 aliphatic carbocycles. The Balaban J connectivity index is 1.84. The summed E-state index contributed by atoms with van der Waals surface area (Å²) < 4.78 is 0.895. The standard InChI is InChI=1S/C15H14BrClN2OS/c16-12-7-11(18)5-6-14(12)21-9-15(20)19-8-10-3-1-2-4-13(10)17/h1-7H,8-9,18H2,(H,19,20). The number of hydrogen-bond acceptors (Lipinski definition) is 3. The fourth-order valence-corrected chi connectivity index (χ4v) is 3.36. The van der Waals surface area contributed by atoms with Crippen molar-refractivity contribution in [3.8, 4) is 0 Å². The molecule has 0 heterocycles. The molecule has 3 N–H and O–H groups in total. The average Bonchev–Trinajstić information content (AvgIpc) is 2.45. The lowest BCUT2D eigenvalue weighted by Crippen LogP contribution is -2.24. The molecule has 0 atom stereocenters. The van der Waals surface area contributed by atoms with Gasteiger partial charge in [-0.25, -0.2) is 0 Å². The van der Waals surface area contributed by atoms with Crippen molar-refractivity contribution in [2.24, 2.45) is 0 Å². The molecule has 2 rings (SSSR count). The second-order valence-electron chi connectivity index (χ2n) is 4.35. The van der Waals surface area contributed by atoms with E-state index in [-0.39, 0.29) is 5.91 Å². The van der Waals surface area contributed by atoms with Crippen LogP contribution >= 0.6 is 39.3 Å². The van der Waals surface area contributed by atoms with Crippen molar-refractivity contribution in [2.75, 3.05) is 11.5 Å². The summed E-state index contributed by atoms with van der Waals surface area (Å²) in [7, 11) is 0. The first-order chi connectivity index (χ1) is 10.1. The number of nitrogen functional groups attached to an aromatic ring is 1. The van der Waals surface area contributed by atoms with Crippen molar-refractivity contribution in [3.05, 3.63) is 57.5 Å². The van der Waals surface area contributed by atoms with Gasteiger partial charge in [-0.3, -0.25) is 4.79 Å². The molecule has 1 amide bonds. The Hall–Kier alpha value is -1.17. The van der Waals surface area contributed by atoms with Crippen LogP contribution in [0.1, 0.15) is 5.56 Å². The van der Waals surface area contributed by atoms with Gasteiger partial charge in [-0.2, -0.15) is 0 Å². The van der Waals surface area contributed by atoms with Gasteiger partial charge in [0.05, 0.1) is 5.75 Å². The normalized spacial score (nSPS) is 10.4. The van der Waals surface area contributed by atoms with E-state index in [1.807, 2.05) is 42.5 Å². The molecule has 2 aromatic carbocycles. The molecule has 0 fully saturated rings. The minimum Gasteiger partial charge on any atom is -0.399 e. The highest BCUT2D eigenvalue weighted by molar-refractivity contribution is 9.10. The molecule has 0 unspecified atom stereocenters. The number of nitrogens with one attached hydrogen (secondary N) is 1. The zero-order chi connectivity index (χ0) is 15.2. The third kappa shape index (κ3) is 4.95. The first kappa shape index (κ1) is 16.2. The molecule has 110 valence electrons. The van der Waals surface area contributed by atoms with Crippen LogP contribution in [0.3, 0.4) is 0 Å². The van der Waals surface area contributed by atoms with E-state index in [0.29, 0.717) is 23.0 Å². The lowest BCUT2D eigenvalue weighted by atomic mass is 10.2. The third-order valence-corrected chi connectivity index (χ3v) is 5.11. The highest BCUT2D eigenvalue weighted by atomic mass is 79.9. The number of nitrogens with two attached hydrogens (primary N) is 1. The molecule has 0 aliphatic heterocycles. The van der Waals surface area contributed by atoms with Crippen molar-refractivity contribution in [1.29, 1.82) is 0 Å². The molecule has 3 nitrogen and oxygen atoms in total. The minimum atomic E-state index is -0.0383. The van der Waals surface area contributed by atoms with Crippen LogP contribution in [0, 0.1) is 0 Å². The molecule has 21 heavy (non-hydrogen) atoms.